The Morgan fingerprint density at radius 3 is 2.77 bits per heavy atom. The molecule has 0 fully saturated rings. The van der Waals surface area contributed by atoms with Crippen LogP contribution in [-0.4, -0.2) is 26.7 Å². The highest BCUT2D eigenvalue weighted by molar-refractivity contribution is 6.03. The Morgan fingerprint density at radius 2 is 1.95 bits per heavy atom. The van der Waals surface area contributed by atoms with Crippen molar-refractivity contribution in [1.82, 2.24) is 15.2 Å². The van der Waals surface area contributed by atoms with Gasteiger partial charge in [0.2, 0.25) is 0 Å². The van der Waals surface area contributed by atoms with Crippen LogP contribution in [0.15, 0.2) is 42.7 Å². The summed E-state index contributed by atoms with van der Waals surface area (Å²) in [4.78, 5) is 27.8. The Kier molecular flexibility index (Phi) is 3.74. The maximum Gasteiger partial charge on any atom is 0.184 e. The molecule has 1 aromatic carbocycles. The molecule has 0 unspecified atom stereocenters. The normalized spacial score (nSPS) is 10.8. The number of rotatable bonds is 5. The molecule has 0 saturated heterocycles. The number of benzene rings is 1. The number of carbonyl (C=O) groups is 2. The number of halogens is 1. The molecular weight excluding hydrogens is 285 g/mol. The molecule has 3 aromatic rings. The summed E-state index contributed by atoms with van der Waals surface area (Å²) in [7, 11) is 0. The molecule has 0 radical (unpaired) electrons. The summed E-state index contributed by atoms with van der Waals surface area (Å²) in [6.45, 7) is 0. The number of carbonyl (C=O) groups excluding carboxylic acids is 2. The van der Waals surface area contributed by atoms with Crippen molar-refractivity contribution in [3.05, 3.63) is 59.8 Å². The smallest absolute Gasteiger partial charge is 0.184 e. The number of H-pyrrole nitrogens is 1. The molecule has 3 rings (SSSR count). The maximum atomic E-state index is 13.4. The van der Waals surface area contributed by atoms with Gasteiger partial charge in [-0.2, -0.15) is 5.10 Å². The lowest BCUT2D eigenvalue weighted by Gasteiger charge is -2.02. The predicted molar refractivity (Wildman–Crippen MR) is 78.2 cm³/mol. The number of aromatic amines is 1. The van der Waals surface area contributed by atoms with E-state index in [1.54, 1.807) is 24.4 Å². The standard InChI is InChI=1S/C16H12FN3O2/c17-12-2-1-7-18-16(12)15(22)6-5-14(21)10-3-4-13-11(8-10)9-19-20-13/h1-4,7-9H,5-6H2,(H,19,20). The van der Waals surface area contributed by atoms with Crippen molar-refractivity contribution >= 4 is 22.5 Å². The van der Waals surface area contributed by atoms with E-state index >= 15 is 0 Å². The molecule has 0 aliphatic rings. The number of fused-ring (bicyclic) bond motifs is 1. The Hall–Kier alpha value is -2.89. The van der Waals surface area contributed by atoms with Gasteiger partial charge >= 0.3 is 0 Å². The summed E-state index contributed by atoms with van der Waals surface area (Å²) in [6.07, 6.45) is 2.92. The summed E-state index contributed by atoms with van der Waals surface area (Å²) in [5.41, 5.74) is 1.12. The third kappa shape index (κ3) is 2.76. The van der Waals surface area contributed by atoms with E-state index in [4.69, 9.17) is 0 Å². The topological polar surface area (TPSA) is 75.7 Å². The van der Waals surface area contributed by atoms with E-state index in [1.165, 1.54) is 18.3 Å². The molecule has 0 bridgehead atoms. The fraction of sp³-hybridized carbons (Fsp3) is 0.125. The molecule has 6 heteroatoms. The predicted octanol–water partition coefficient (Wildman–Crippen LogP) is 2.94. The van der Waals surface area contributed by atoms with Crippen molar-refractivity contribution in [2.45, 2.75) is 12.8 Å². The van der Waals surface area contributed by atoms with Gasteiger partial charge in [-0.25, -0.2) is 4.39 Å². The third-order valence-corrected chi connectivity index (χ3v) is 3.36. The Labute approximate surface area is 125 Å². The van der Waals surface area contributed by atoms with E-state index in [0.29, 0.717) is 5.56 Å². The van der Waals surface area contributed by atoms with Gasteiger partial charge in [0.25, 0.3) is 0 Å². The van der Waals surface area contributed by atoms with E-state index in [1.807, 2.05) is 0 Å². The summed E-state index contributed by atoms with van der Waals surface area (Å²) in [5, 5.41) is 7.51. The minimum absolute atomic E-state index is 0.0121. The van der Waals surface area contributed by atoms with Crippen molar-refractivity contribution in [2.24, 2.45) is 0 Å². The average Bonchev–Trinajstić information content (AvgIpc) is 3.00. The highest BCUT2D eigenvalue weighted by atomic mass is 19.1. The van der Waals surface area contributed by atoms with E-state index in [-0.39, 0.29) is 24.3 Å². The molecule has 22 heavy (non-hydrogen) atoms. The van der Waals surface area contributed by atoms with Crippen LogP contribution in [0.3, 0.4) is 0 Å². The van der Waals surface area contributed by atoms with Gasteiger partial charge in [-0.05, 0) is 30.3 Å². The molecule has 5 nitrogen and oxygen atoms in total. The molecule has 2 heterocycles. The molecule has 0 aliphatic heterocycles. The largest absolute Gasteiger partial charge is 0.294 e. The van der Waals surface area contributed by atoms with Gasteiger partial charge in [-0.1, -0.05) is 0 Å². The Bertz CT molecular complexity index is 857. The summed E-state index contributed by atoms with van der Waals surface area (Å²) in [6, 6.07) is 7.74. The second-order valence-corrected chi connectivity index (χ2v) is 4.85. The van der Waals surface area contributed by atoms with Gasteiger partial charge < -0.3 is 0 Å². The second kappa shape index (κ2) is 5.85. The van der Waals surface area contributed by atoms with Gasteiger partial charge in [0.1, 0.15) is 5.69 Å². The van der Waals surface area contributed by atoms with Crippen LogP contribution >= 0.6 is 0 Å². The molecular formula is C16H12FN3O2. The van der Waals surface area contributed by atoms with Crippen LogP contribution in [0.25, 0.3) is 10.9 Å². The number of hydrogen-bond donors (Lipinski definition) is 1. The fourth-order valence-corrected chi connectivity index (χ4v) is 2.20. The molecule has 2 aromatic heterocycles. The highest BCUT2D eigenvalue weighted by Crippen LogP contribution is 2.16. The van der Waals surface area contributed by atoms with Crippen molar-refractivity contribution in [2.75, 3.05) is 0 Å². The second-order valence-electron chi connectivity index (χ2n) is 4.85. The number of pyridine rings is 1. The lowest BCUT2D eigenvalue weighted by atomic mass is 10.0. The van der Waals surface area contributed by atoms with E-state index in [0.717, 1.165) is 10.9 Å². The van der Waals surface area contributed by atoms with Crippen LogP contribution < -0.4 is 0 Å². The molecule has 0 amide bonds. The number of aromatic nitrogens is 3. The zero-order valence-electron chi connectivity index (χ0n) is 11.5. The molecule has 110 valence electrons. The first-order chi connectivity index (χ1) is 10.6. The van der Waals surface area contributed by atoms with Crippen LogP contribution in [-0.2, 0) is 0 Å². The monoisotopic (exact) mass is 297 g/mol. The number of ketones is 2. The highest BCUT2D eigenvalue weighted by Gasteiger charge is 2.15. The zero-order chi connectivity index (χ0) is 15.5. The first kappa shape index (κ1) is 14.1. The van der Waals surface area contributed by atoms with E-state index < -0.39 is 11.6 Å². The molecule has 0 atom stereocenters. The first-order valence-corrected chi connectivity index (χ1v) is 6.75. The van der Waals surface area contributed by atoms with Crippen molar-refractivity contribution < 1.29 is 14.0 Å². The molecule has 0 saturated carbocycles. The van der Waals surface area contributed by atoms with Crippen LogP contribution in [0.5, 0.6) is 0 Å². The van der Waals surface area contributed by atoms with Gasteiger partial charge in [0.05, 0.1) is 11.7 Å². The van der Waals surface area contributed by atoms with Gasteiger partial charge in [0, 0.05) is 30.0 Å². The summed E-state index contributed by atoms with van der Waals surface area (Å²) in [5.74, 6) is -1.32. The fourth-order valence-electron chi connectivity index (χ4n) is 2.20. The lowest BCUT2D eigenvalue weighted by molar-refractivity contribution is 0.0912. The first-order valence-electron chi connectivity index (χ1n) is 6.75. The van der Waals surface area contributed by atoms with Gasteiger partial charge in [0.15, 0.2) is 17.4 Å². The Morgan fingerprint density at radius 1 is 1.14 bits per heavy atom. The SMILES string of the molecule is O=C(CCC(=O)c1ncccc1F)c1ccc2[nH]ncc2c1. The summed E-state index contributed by atoms with van der Waals surface area (Å²) >= 11 is 0. The van der Waals surface area contributed by atoms with Crippen molar-refractivity contribution in [1.29, 1.82) is 0 Å². The minimum atomic E-state index is -0.667. The van der Waals surface area contributed by atoms with Crippen LogP contribution in [0.4, 0.5) is 4.39 Å². The Balaban J connectivity index is 1.69. The van der Waals surface area contributed by atoms with Crippen LogP contribution in [0.2, 0.25) is 0 Å². The van der Waals surface area contributed by atoms with Crippen molar-refractivity contribution in [3.8, 4) is 0 Å². The number of nitrogens with one attached hydrogen (secondary N) is 1. The third-order valence-electron chi connectivity index (χ3n) is 3.36. The molecule has 0 spiro atoms. The average molecular weight is 297 g/mol. The lowest BCUT2D eigenvalue weighted by Crippen LogP contribution is -2.08. The van der Waals surface area contributed by atoms with E-state index in [9.17, 15) is 14.0 Å². The quantitative estimate of drug-likeness (QED) is 0.735. The zero-order valence-corrected chi connectivity index (χ0v) is 11.5. The maximum absolute atomic E-state index is 13.4. The summed E-state index contributed by atoms with van der Waals surface area (Å²) < 4.78 is 13.4. The number of Topliss-reactive ketones (excluding diaryl/α,β-unsaturated/α-hetero) is 2. The van der Waals surface area contributed by atoms with Crippen LogP contribution in [0, 0.1) is 5.82 Å². The van der Waals surface area contributed by atoms with E-state index in [2.05, 4.69) is 15.2 Å². The number of hydrogen-bond acceptors (Lipinski definition) is 4. The molecule has 1 N–H and O–H groups in total. The molecule has 0 aliphatic carbocycles. The minimum Gasteiger partial charge on any atom is -0.294 e. The van der Waals surface area contributed by atoms with Gasteiger partial charge in [-0.3, -0.25) is 19.7 Å². The van der Waals surface area contributed by atoms with Crippen LogP contribution in [0.1, 0.15) is 33.7 Å². The van der Waals surface area contributed by atoms with Gasteiger partial charge in [-0.15, -0.1) is 0 Å². The number of nitrogens with zero attached hydrogens (tertiary/aromatic N) is 2. The van der Waals surface area contributed by atoms with Crippen molar-refractivity contribution in [3.63, 3.8) is 0 Å².